The van der Waals surface area contributed by atoms with Gasteiger partial charge < -0.3 is 5.11 Å². The van der Waals surface area contributed by atoms with Crippen LogP contribution in [0.3, 0.4) is 0 Å². The third-order valence-corrected chi connectivity index (χ3v) is 8.55. The summed E-state index contributed by atoms with van der Waals surface area (Å²) in [6.45, 7) is 5.98. The standard InChI is InChI=1S/C31H27Cl2F2N3O3/c1-30(2,3)14-24-31(15-36,21-12-9-18(32)13-23(21)34)25(20-5-4-6-22(33)26(20)35)27-28(39)37(16-38(24)27)19-10-7-17(8-11-19)29(40)41/h4-13,24-25,27H,14,16H2,1-3H3,(H,40,41)/t24-,25-,27+,31-/m0/s1. The molecule has 6 nitrogen and oxygen atoms in total. The maximum atomic E-state index is 15.8. The summed E-state index contributed by atoms with van der Waals surface area (Å²) < 4.78 is 31.7. The van der Waals surface area contributed by atoms with Crippen molar-refractivity contribution in [3.63, 3.8) is 0 Å². The number of rotatable bonds is 5. The molecule has 41 heavy (non-hydrogen) atoms. The van der Waals surface area contributed by atoms with Gasteiger partial charge in [-0.25, -0.2) is 13.6 Å². The largest absolute Gasteiger partial charge is 0.478 e. The summed E-state index contributed by atoms with van der Waals surface area (Å²) in [5, 5.41) is 20.3. The van der Waals surface area contributed by atoms with Gasteiger partial charge in [0.15, 0.2) is 0 Å². The lowest BCUT2D eigenvalue weighted by molar-refractivity contribution is -0.119. The number of hydrogen-bond donors (Lipinski definition) is 1. The first kappa shape index (κ1) is 29.0. The third-order valence-electron chi connectivity index (χ3n) is 8.02. The van der Waals surface area contributed by atoms with Gasteiger partial charge in [-0.3, -0.25) is 14.6 Å². The lowest BCUT2D eigenvalue weighted by Gasteiger charge is -2.40. The van der Waals surface area contributed by atoms with E-state index in [2.05, 4.69) is 6.07 Å². The summed E-state index contributed by atoms with van der Waals surface area (Å²) in [5.74, 6) is -4.15. The highest BCUT2D eigenvalue weighted by atomic mass is 35.5. The molecule has 0 unspecified atom stereocenters. The lowest BCUT2D eigenvalue weighted by atomic mass is 9.62. The zero-order valence-electron chi connectivity index (χ0n) is 22.5. The number of carboxylic acids is 1. The average Bonchev–Trinajstić information content (AvgIpc) is 3.37. The number of carbonyl (C=O) groups is 2. The van der Waals surface area contributed by atoms with Crippen molar-refractivity contribution in [3.8, 4) is 6.07 Å². The summed E-state index contributed by atoms with van der Waals surface area (Å²) in [6, 6.07) is 15.0. The molecule has 0 aromatic heterocycles. The molecule has 0 bridgehead atoms. The third kappa shape index (κ3) is 4.76. The van der Waals surface area contributed by atoms with E-state index >= 15 is 8.78 Å². The van der Waals surface area contributed by atoms with E-state index in [-0.39, 0.29) is 38.8 Å². The lowest BCUT2D eigenvalue weighted by Crippen LogP contribution is -2.48. The Balaban J connectivity index is 1.76. The minimum Gasteiger partial charge on any atom is -0.478 e. The molecule has 4 atom stereocenters. The molecule has 0 spiro atoms. The number of carbonyl (C=O) groups excluding carboxylic acids is 1. The molecule has 2 fully saturated rings. The smallest absolute Gasteiger partial charge is 0.335 e. The Bertz CT molecular complexity index is 1580. The van der Waals surface area contributed by atoms with E-state index in [4.69, 9.17) is 23.2 Å². The second-order valence-electron chi connectivity index (χ2n) is 11.7. The monoisotopic (exact) mass is 597 g/mol. The van der Waals surface area contributed by atoms with E-state index < -0.39 is 46.9 Å². The molecule has 0 radical (unpaired) electrons. The molecule has 1 amide bonds. The molecular weight excluding hydrogens is 571 g/mol. The molecule has 0 aliphatic carbocycles. The summed E-state index contributed by atoms with van der Waals surface area (Å²) in [7, 11) is 0. The highest BCUT2D eigenvalue weighted by Crippen LogP contribution is 2.58. The second kappa shape index (κ2) is 10.4. The van der Waals surface area contributed by atoms with Gasteiger partial charge >= 0.3 is 5.97 Å². The molecule has 0 saturated carbocycles. The van der Waals surface area contributed by atoms with Crippen molar-refractivity contribution in [3.05, 3.63) is 99.0 Å². The number of hydrogen-bond acceptors (Lipinski definition) is 4. The number of nitriles is 1. The molecule has 2 heterocycles. The van der Waals surface area contributed by atoms with Gasteiger partial charge in [-0.2, -0.15) is 5.26 Å². The number of carboxylic acid groups (broad SMARTS) is 1. The number of fused-ring (bicyclic) bond motifs is 1. The summed E-state index contributed by atoms with van der Waals surface area (Å²) >= 11 is 12.3. The van der Waals surface area contributed by atoms with Crippen LogP contribution in [0.4, 0.5) is 14.5 Å². The van der Waals surface area contributed by atoms with Gasteiger partial charge in [-0.05, 0) is 59.9 Å². The number of benzene rings is 3. The van der Waals surface area contributed by atoms with Crippen molar-refractivity contribution in [2.75, 3.05) is 11.6 Å². The topological polar surface area (TPSA) is 84.6 Å². The molecule has 10 heteroatoms. The molecule has 3 aromatic rings. The maximum Gasteiger partial charge on any atom is 0.335 e. The molecular formula is C31H27Cl2F2N3O3. The fraction of sp³-hybridized carbons (Fsp3) is 0.323. The van der Waals surface area contributed by atoms with Crippen molar-refractivity contribution >= 4 is 40.8 Å². The highest BCUT2D eigenvalue weighted by molar-refractivity contribution is 6.31. The maximum absolute atomic E-state index is 15.8. The molecule has 5 rings (SSSR count). The van der Waals surface area contributed by atoms with Crippen molar-refractivity contribution < 1.29 is 23.5 Å². The Labute approximate surface area is 246 Å². The quantitative estimate of drug-likeness (QED) is 0.342. The van der Waals surface area contributed by atoms with Gasteiger partial charge in [0.25, 0.3) is 0 Å². The van der Waals surface area contributed by atoms with Crippen LogP contribution in [0.1, 0.15) is 54.6 Å². The van der Waals surface area contributed by atoms with E-state index in [0.29, 0.717) is 12.1 Å². The van der Waals surface area contributed by atoms with E-state index in [1.165, 1.54) is 53.4 Å². The summed E-state index contributed by atoms with van der Waals surface area (Å²) in [6.07, 6.45) is 0.372. The van der Waals surface area contributed by atoms with Crippen LogP contribution in [0.5, 0.6) is 0 Å². The van der Waals surface area contributed by atoms with Gasteiger partial charge in [0.2, 0.25) is 5.91 Å². The van der Waals surface area contributed by atoms with Crippen LogP contribution in [0, 0.1) is 28.4 Å². The average molecular weight is 598 g/mol. The minimum absolute atomic E-state index is 0.0302. The van der Waals surface area contributed by atoms with E-state index in [0.717, 1.165) is 6.07 Å². The van der Waals surface area contributed by atoms with E-state index in [1.54, 1.807) is 6.07 Å². The number of halogens is 4. The Morgan fingerprint density at radius 3 is 2.39 bits per heavy atom. The van der Waals surface area contributed by atoms with Crippen LogP contribution in [-0.4, -0.2) is 40.6 Å². The highest BCUT2D eigenvalue weighted by Gasteiger charge is 2.67. The fourth-order valence-electron chi connectivity index (χ4n) is 6.37. The predicted molar refractivity (Wildman–Crippen MR) is 152 cm³/mol. The van der Waals surface area contributed by atoms with Crippen LogP contribution in [0.25, 0.3) is 0 Å². The molecule has 2 aliphatic heterocycles. The molecule has 3 aromatic carbocycles. The van der Waals surface area contributed by atoms with Crippen LogP contribution in [-0.2, 0) is 10.2 Å². The fourth-order valence-corrected chi connectivity index (χ4v) is 6.71. The van der Waals surface area contributed by atoms with E-state index in [1.807, 2.05) is 25.7 Å². The van der Waals surface area contributed by atoms with Crippen molar-refractivity contribution in [2.45, 2.75) is 50.6 Å². The zero-order valence-corrected chi connectivity index (χ0v) is 24.0. The Kier molecular flexibility index (Phi) is 7.35. The zero-order chi connectivity index (χ0) is 29.9. The predicted octanol–water partition coefficient (Wildman–Crippen LogP) is 7.01. The molecule has 212 valence electrons. The van der Waals surface area contributed by atoms with Gasteiger partial charge in [-0.15, -0.1) is 0 Å². The van der Waals surface area contributed by atoms with Crippen LogP contribution >= 0.6 is 23.2 Å². The van der Waals surface area contributed by atoms with Crippen LogP contribution < -0.4 is 4.90 Å². The summed E-state index contributed by atoms with van der Waals surface area (Å²) in [5.41, 5.74) is -1.48. The number of aromatic carboxylic acids is 1. The van der Waals surface area contributed by atoms with E-state index in [9.17, 15) is 20.0 Å². The normalized spacial score (nSPS) is 24.4. The Morgan fingerprint density at radius 2 is 1.80 bits per heavy atom. The molecule has 2 saturated heterocycles. The van der Waals surface area contributed by atoms with Gasteiger partial charge in [-0.1, -0.05) is 62.2 Å². The second-order valence-corrected chi connectivity index (χ2v) is 12.6. The van der Waals surface area contributed by atoms with Crippen molar-refractivity contribution in [1.29, 1.82) is 5.26 Å². The minimum atomic E-state index is -1.69. The number of anilines is 1. The SMILES string of the molecule is CC(C)(C)C[C@@H]1N2CN(c3ccc(C(=O)O)cc3)C(=O)[C@H]2[C@H](c2cccc(Cl)c2F)[C@@]1(C#N)c1ccc(Cl)cc1F. The molecule has 1 N–H and O–H groups in total. The first-order valence-corrected chi connectivity index (χ1v) is 13.8. The van der Waals surface area contributed by atoms with Crippen molar-refractivity contribution in [2.24, 2.45) is 5.41 Å². The van der Waals surface area contributed by atoms with Gasteiger partial charge in [0, 0.05) is 28.2 Å². The molecule has 2 aliphatic rings. The number of amides is 1. The van der Waals surface area contributed by atoms with Crippen molar-refractivity contribution in [1.82, 2.24) is 4.90 Å². The Morgan fingerprint density at radius 1 is 1.12 bits per heavy atom. The van der Waals surface area contributed by atoms with Crippen LogP contribution in [0.2, 0.25) is 10.0 Å². The number of nitrogens with zero attached hydrogens (tertiary/aromatic N) is 3. The van der Waals surface area contributed by atoms with Gasteiger partial charge in [0.05, 0.1) is 23.3 Å². The Hall–Kier alpha value is -3.51. The van der Waals surface area contributed by atoms with Gasteiger partial charge in [0.1, 0.15) is 23.1 Å². The first-order chi connectivity index (χ1) is 19.3. The first-order valence-electron chi connectivity index (χ1n) is 13.0. The van der Waals surface area contributed by atoms with Crippen LogP contribution in [0.15, 0.2) is 60.7 Å². The summed E-state index contributed by atoms with van der Waals surface area (Å²) in [4.78, 5) is 29.0.